The van der Waals surface area contributed by atoms with Gasteiger partial charge in [0.1, 0.15) is 11.5 Å². The van der Waals surface area contributed by atoms with E-state index in [9.17, 15) is 14.5 Å². The first-order valence-corrected chi connectivity index (χ1v) is 5.39. The predicted molar refractivity (Wildman–Crippen MR) is 65.7 cm³/mol. The summed E-state index contributed by atoms with van der Waals surface area (Å²) >= 11 is 0. The largest absolute Gasteiger partial charge is 0.379 e. The van der Waals surface area contributed by atoms with E-state index in [-0.39, 0.29) is 11.1 Å². The van der Waals surface area contributed by atoms with Crippen LogP contribution in [0.4, 0.5) is 15.8 Å². The maximum Gasteiger partial charge on any atom is 0.295 e. The third-order valence-electron chi connectivity index (χ3n) is 2.28. The average molecular weight is 240 g/mol. The molecule has 0 fully saturated rings. The third-order valence-corrected chi connectivity index (χ3v) is 2.28. The molecule has 0 amide bonds. The summed E-state index contributed by atoms with van der Waals surface area (Å²) in [5, 5.41) is 13.8. The summed E-state index contributed by atoms with van der Waals surface area (Å²) in [5.41, 5.74) is 0.532. The molecule has 1 aromatic carbocycles. The van der Waals surface area contributed by atoms with Gasteiger partial charge in [0.15, 0.2) is 0 Å². The van der Waals surface area contributed by atoms with Gasteiger partial charge in [-0.2, -0.15) is 0 Å². The standard InChI is InChI=1S/C12H17FN2O2/c1-8-5-10(14-7-12(2,3)4)11(15(16)17)6-9(8)13/h5-6,14H,7H2,1-4H3. The second-order valence-corrected chi connectivity index (χ2v) is 5.29. The quantitative estimate of drug-likeness (QED) is 0.649. The molecule has 0 aromatic heterocycles. The molecule has 0 spiro atoms. The molecule has 0 unspecified atom stereocenters. The molecule has 0 radical (unpaired) electrons. The van der Waals surface area contributed by atoms with Crippen LogP contribution in [-0.4, -0.2) is 11.5 Å². The maximum atomic E-state index is 13.3. The van der Waals surface area contributed by atoms with Crippen molar-refractivity contribution in [2.45, 2.75) is 27.7 Å². The summed E-state index contributed by atoms with van der Waals surface area (Å²) < 4.78 is 13.3. The second kappa shape index (κ2) is 4.69. The number of aryl methyl sites for hydroxylation is 1. The van der Waals surface area contributed by atoms with Gasteiger partial charge in [-0.1, -0.05) is 20.8 Å². The van der Waals surface area contributed by atoms with Crippen molar-refractivity contribution in [3.63, 3.8) is 0 Å². The summed E-state index contributed by atoms with van der Waals surface area (Å²) in [6.45, 7) is 8.22. The van der Waals surface area contributed by atoms with E-state index in [2.05, 4.69) is 5.32 Å². The number of nitrogens with zero attached hydrogens (tertiary/aromatic N) is 1. The van der Waals surface area contributed by atoms with Gasteiger partial charge in [-0.15, -0.1) is 0 Å². The van der Waals surface area contributed by atoms with Crippen LogP contribution in [0.5, 0.6) is 0 Å². The molecule has 0 aliphatic rings. The van der Waals surface area contributed by atoms with E-state index in [0.29, 0.717) is 17.8 Å². The fourth-order valence-electron chi connectivity index (χ4n) is 1.32. The highest BCUT2D eigenvalue weighted by Gasteiger charge is 2.18. The Hall–Kier alpha value is -1.65. The number of rotatable bonds is 3. The lowest BCUT2D eigenvalue weighted by Crippen LogP contribution is -2.19. The lowest BCUT2D eigenvalue weighted by atomic mass is 9.97. The molecule has 4 nitrogen and oxygen atoms in total. The number of hydrogen-bond acceptors (Lipinski definition) is 3. The highest BCUT2D eigenvalue weighted by molar-refractivity contribution is 5.63. The lowest BCUT2D eigenvalue weighted by molar-refractivity contribution is -0.384. The number of nitro groups is 1. The van der Waals surface area contributed by atoms with Gasteiger partial charge in [-0.3, -0.25) is 10.1 Å². The van der Waals surface area contributed by atoms with E-state index in [1.807, 2.05) is 20.8 Å². The van der Waals surface area contributed by atoms with Crippen LogP contribution in [0, 0.1) is 28.3 Å². The summed E-state index contributed by atoms with van der Waals surface area (Å²) in [4.78, 5) is 10.2. The summed E-state index contributed by atoms with van der Waals surface area (Å²) in [7, 11) is 0. The van der Waals surface area contributed by atoms with Crippen LogP contribution in [0.25, 0.3) is 0 Å². The van der Waals surface area contributed by atoms with Crippen LogP contribution < -0.4 is 5.32 Å². The molecule has 0 heterocycles. The summed E-state index contributed by atoms with van der Waals surface area (Å²) in [6.07, 6.45) is 0. The van der Waals surface area contributed by atoms with Crippen LogP contribution in [0.3, 0.4) is 0 Å². The van der Waals surface area contributed by atoms with Gasteiger partial charge in [0.25, 0.3) is 5.69 Å². The molecular formula is C12H17FN2O2. The predicted octanol–water partition coefficient (Wildman–Crippen LogP) is 3.50. The van der Waals surface area contributed by atoms with Crippen LogP contribution >= 0.6 is 0 Å². The molecule has 0 atom stereocenters. The first-order valence-electron chi connectivity index (χ1n) is 5.39. The van der Waals surface area contributed by atoms with E-state index in [1.54, 1.807) is 6.92 Å². The number of halogens is 1. The van der Waals surface area contributed by atoms with Gasteiger partial charge in [-0.05, 0) is 24.0 Å². The Morgan fingerprint density at radius 1 is 1.41 bits per heavy atom. The fraction of sp³-hybridized carbons (Fsp3) is 0.500. The van der Waals surface area contributed by atoms with Gasteiger partial charge in [-0.25, -0.2) is 4.39 Å². The van der Waals surface area contributed by atoms with Crippen molar-refractivity contribution in [1.82, 2.24) is 0 Å². The molecule has 0 aliphatic heterocycles. The molecule has 1 rings (SSSR count). The number of nitrogens with one attached hydrogen (secondary N) is 1. The van der Waals surface area contributed by atoms with Gasteiger partial charge < -0.3 is 5.32 Å². The van der Waals surface area contributed by atoms with Crippen molar-refractivity contribution in [2.75, 3.05) is 11.9 Å². The minimum atomic E-state index is -0.576. The van der Waals surface area contributed by atoms with Gasteiger partial charge in [0.05, 0.1) is 11.0 Å². The average Bonchev–Trinajstić information content (AvgIpc) is 2.17. The normalized spacial score (nSPS) is 11.4. The van der Waals surface area contributed by atoms with Crippen LogP contribution in [0.15, 0.2) is 12.1 Å². The van der Waals surface area contributed by atoms with Crippen LogP contribution in [-0.2, 0) is 0 Å². The molecule has 0 aliphatic carbocycles. The Bertz CT molecular complexity index is 439. The first-order chi connectivity index (χ1) is 7.70. The molecule has 1 aromatic rings. The minimum Gasteiger partial charge on any atom is -0.379 e. The van der Waals surface area contributed by atoms with Gasteiger partial charge in [0, 0.05) is 6.54 Å². The van der Waals surface area contributed by atoms with Crippen molar-refractivity contribution >= 4 is 11.4 Å². The zero-order chi connectivity index (χ0) is 13.2. The zero-order valence-electron chi connectivity index (χ0n) is 10.5. The van der Waals surface area contributed by atoms with Crippen molar-refractivity contribution in [3.8, 4) is 0 Å². The smallest absolute Gasteiger partial charge is 0.295 e. The van der Waals surface area contributed by atoms with E-state index < -0.39 is 10.7 Å². The Kier molecular flexibility index (Phi) is 3.70. The van der Waals surface area contributed by atoms with Crippen molar-refractivity contribution in [3.05, 3.63) is 33.6 Å². The first kappa shape index (κ1) is 13.4. The highest BCUT2D eigenvalue weighted by atomic mass is 19.1. The van der Waals surface area contributed by atoms with Crippen molar-refractivity contribution in [1.29, 1.82) is 0 Å². The summed E-state index contributed by atoms with van der Waals surface area (Å²) in [5.74, 6) is -0.557. The molecular weight excluding hydrogens is 223 g/mol. The Morgan fingerprint density at radius 2 is 2.00 bits per heavy atom. The minimum absolute atomic E-state index is 0.00381. The van der Waals surface area contributed by atoms with Crippen molar-refractivity contribution < 1.29 is 9.31 Å². The lowest BCUT2D eigenvalue weighted by Gasteiger charge is -2.19. The Morgan fingerprint density at radius 3 is 2.47 bits per heavy atom. The molecule has 0 saturated heterocycles. The topological polar surface area (TPSA) is 55.2 Å². The Labute approximate surface area is 100.0 Å². The third kappa shape index (κ3) is 3.69. The number of nitro benzene ring substituents is 1. The monoisotopic (exact) mass is 240 g/mol. The Balaban J connectivity index is 3.05. The van der Waals surface area contributed by atoms with Crippen molar-refractivity contribution in [2.24, 2.45) is 5.41 Å². The van der Waals surface area contributed by atoms with E-state index in [4.69, 9.17) is 0 Å². The molecule has 1 N–H and O–H groups in total. The molecule has 94 valence electrons. The molecule has 5 heteroatoms. The zero-order valence-corrected chi connectivity index (χ0v) is 10.5. The SMILES string of the molecule is Cc1cc(NCC(C)(C)C)c([N+](=O)[O-])cc1F. The molecule has 17 heavy (non-hydrogen) atoms. The summed E-state index contributed by atoms with van der Waals surface area (Å²) in [6, 6.07) is 2.43. The van der Waals surface area contributed by atoms with Crippen LogP contribution in [0.1, 0.15) is 26.3 Å². The van der Waals surface area contributed by atoms with E-state index >= 15 is 0 Å². The molecule has 0 saturated carbocycles. The van der Waals surface area contributed by atoms with E-state index in [0.717, 1.165) is 6.07 Å². The van der Waals surface area contributed by atoms with Gasteiger partial charge >= 0.3 is 0 Å². The van der Waals surface area contributed by atoms with Crippen LogP contribution in [0.2, 0.25) is 0 Å². The second-order valence-electron chi connectivity index (χ2n) is 5.29. The molecule has 0 bridgehead atoms. The maximum absolute atomic E-state index is 13.3. The highest BCUT2D eigenvalue weighted by Crippen LogP contribution is 2.28. The van der Waals surface area contributed by atoms with Gasteiger partial charge in [0.2, 0.25) is 0 Å². The number of hydrogen-bond donors (Lipinski definition) is 1. The number of benzene rings is 1. The number of anilines is 1. The van der Waals surface area contributed by atoms with E-state index in [1.165, 1.54) is 6.07 Å². The fourth-order valence-corrected chi connectivity index (χ4v) is 1.32.